The number of aromatic nitrogens is 2. The number of fused-ring (bicyclic) bond motifs is 2. The smallest absolute Gasteiger partial charge is 0.330 e. The minimum absolute atomic E-state index is 0. The van der Waals surface area contributed by atoms with E-state index in [2.05, 4.69) is 116 Å². The van der Waals surface area contributed by atoms with Crippen molar-refractivity contribution in [3.05, 3.63) is 162 Å². The Labute approximate surface area is 366 Å². The van der Waals surface area contributed by atoms with E-state index in [1.807, 2.05) is 62.4 Å². The number of nitrogens with one attached hydrogen (secondary N) is 1. The standard InChI is InChI=1S/C51H54N8O.ClH/c1-38-20-22-45-47(52-38)16-8-18-49(45)57-32-28-55(29-33-57)26-24-40-10-6-12-42(36-40)54-51(60)59(43-13-4-3-5-14-43)44-15-7-11-41(37-44)25-27-56-30-34-58(35-31-56)50-19-9-17-48-46(50)23-21-39(2)53-48;/h3-23,36-37H,24-35H2,1-2H3,(H,54,60);1H. The van der Waals surface area contributed by atoms with Gasteiger partial charge >= 0.3 is 6.03 Å². The fraction of sp³-hybridized carbons (Fsp3) is 0.275. The number of pyridine rings is 2. The van der Waals surface area contributed by atoms with Gasteiger partial charge in [0.25, 0.3) is 0 Å². The molecule has 312 valence electrons. The predicted octanol–water partition coefficient (Wildman–Crippen LogP) is 9.92. The third-order valence-corrected chi connectivity index (χ3v) is 12.1. The Morgan fingerprint density at radius 1 is 0.541 bits per heavy atom. The molecule has 2 fully saturated rings. The average Bonchev–Trinajstić information content (AvgIpc) is 3.28. The van der Waals surface area contributed by atoms with Crippen LogP contribution in [0.25, 0.3) is 21.8 Å². The Morgan fingerprint density at radius 3 is 1.59 bits per heavy atom. The van der Waals surface area contributed by atoms with E-state index in [0.717, 1.165) is 118 Å². The molecular weight excluding hydrogens is 776 g/mol. The van der Waals surface area contributed by atoms with E-state index in [4.69, 9.17) is 9.97 Å². The van der Waals surface area contributed by atoms with Crippen LogP contribution in [0.15, 0.2) is 140 Å². The first-order valence-electron chi connectivity index (χ1n) is 21.4. The first kappa shape index (κ1) is 41.7. The fourth-order valence-electron chi connectivity index (χ4n) is 8.83. The number of hydrogen-bond donors (Lipinski definition) is 1. The summed E-state index contributed by atoms with van der Waals surface area (Å²) in [6.45, 7) is 14.0. The van der Waals surface area contributed by atoms with E-state index in [0.29, 0.717) is 0 Å². The van der Waals surface area contributed by atoms with Crippen molar-refractivity contribution in [1.29, 1.82) is 0 Å². The number of halogens is 1. The Kier molecular flexibility index (Phi) is 13.1. The summed E-state index contributed by atoms with van der Waals surface area (Å²) in [5.74, 6) is 0. The summed E-state index contributed by atoms with van der Waals surface area (Å²) in [5.41, 5.74) is 11.7. The van der Waals surface area contributed by atoms with Crippen molar-refractivity contribution in [2.75, 3.05) is 85.5 Å². The van der Waals surface area contributed by atoms with Gasteiger partial charge in [-0.05, 0) is 123 Å². The number of urea groups is 1. The molecule has 10 heteroatoms. The Balaban J connectivity index is 0.00000514. The number of carbonyl (C=O) groups excluding carboxylic acids is 1. The molecule has 0 atom stereocenters. The SMILES string of the molecule is Cc1ccc2c(N3CCN(CCc4cccc(NC(=O)N(c5ccccc5)c5cccc(CCN6CCN(c7cccc8nc(C)ccc78)CC6)c5)c4)CC3)cccc2n1.Cl. The highest BCUT2D eigenvalue weighted by Gasteiger charge is 2.22. The van der Waals surface area contributed by atoms with E-state index in [9.17, 15) is 4.79 Å². The summed E-state index contributed by atoms with van der Waals surface area (Å²) in [6, 6.07) is 48.0. The van der Waals surface area contributed by atoms with Crippen LogP contribution >= 0.6 is 12.4 Å². The molecule has 9 nitrogen and oxygen atoms in total. The van der Waals surface area contributed by atoms with E-state index in [1.165, 1.54) is 33.3 Å². The van der Waals surface area contributed by atoms with Crippen LogP contribution in [0.4, 0.5) is 33.2 Å². The van der Waals surface area contributed by atoms with Gasteiger partial charge in [-0.2, -0.15) is 0 Å². The molecule has 7 aromatic rings. The number of piperazine rings is 2. The maximum Gasteiger partial charge on any atom is 0.330 e. The van der Waals surface area contributed by atoms with Gasteiger partial charge in [-0.1, -0.05) is 54.6 Å². The van der Waals surface area contributed by atoms with Crippen LogP contribution in [-0.2, 0) is 12.8 Å². The number of aryl methyl sites for hydroxylation is 2. The molecule has 1 N–H and O–H groups in total. The van der Waals surface area contributed by atoms with E-state index in [-0.39, 0.29) is 18.4 Å². The van der Waals surface area contributed by atoms with E-state index in [1.54, 1.807) is 4.90 Å². The van der Waals surface area contributed by atoms with Crippen molar-refractivity contribution in [3.8, 4) is 0 Å². The molecule has 2 amide bonds. The summed E-state index contributed by atoms with van der Waals surface area (Å²) < 4.78 is 0. The molecule has 2 saturated heterocycles. The third-order valence-electron chi connectivity index (χ3n) is 12.1. The van der Waals surface area contributed by atoms with Crippen LogP contribution < -0.4 is 20.0 Å². The van der Waals surface area contributed by atoms with E-state index < -0.39 is 0 Å². The van der Waals surface area contributed by atoms with Gasteiger partial charge in [0.15, 0.2) is 0 Å². The molecule has 2 aliphatic rings. The lowest BCUT2D eigenvalue weighted by molar-refractivity contribution is 0.259. The molecule has 0 spiro atoms. The monoisotopic (exact) mass is 830 g/mol. The molecule has 0 unspecified atom stereocenters. The van der Waals surface area contributed by atoms with Gasteiger partial charge in [-0.25, -0.2) is 4.79 Å². The number of rotatable bonds is 11. The highest BCUT2D eigenvalue weighted by molar-refractivity contribution is 6.07. The lowest BCUT2D eigenvalue weighted by atomic mass is 10.1. The van der Waals surface area contributed by atoms with Crippen LogP contribution in [-0.4, -0.2) is 91.2 Å². The zero-order valence-corrected chi connectivity index (χ0v) is 36.0. The molecule has 2 aromatic heterocycles. The van der Waals surface area contributed by atoms with E-state index >= 15 is 0 Å². The van der Waals surface area contributed by atoms with Crippen LogP contribution in [0, 0.1) is 13.8 Å². The molecule has 2 aliphatic heterocycles. The van der Waals surface area contributed by atoms with Crippen molar-refractivity contribution in [3.63, 3.8) is 0 Å². The molecule has 0 bridgehead atoms. The number of amides is 2. The van der Waals surface area contributed by atoms with Crippen molar-refractivity contribution in [2.45, 2.75) is 26.7 Å². The molecule has 4 heterocycles. The van der Waals surface area contributed by atoms with Crippen molar-refractivity contribution < 1.29 is 4.79 Å². The number of nitrogens with zero attached hydrogens (tertiary/aromatic N) is 7. The summed E-state index contributed by atoms with van der Waals surface area (Å²) in [4.78, 5) is 35.6. The number of carbonyl (C=O) groups is 1. The summed E-state index contributed by atoms with van der Waals surface area (Å²) in [6.07, 6.45) is 1.83. The fourth-order valence-corrected chi connectivity index (χ4v) is 8.83. The normalized spacial score (nSPS) is 14.9. The largest absolute Gasteiger partial charge is 0.368 e. The van der Waals surface area contributed by atoms with Gasteiger partial charge in [0.1, 0.15) is 0 Å². The number of anilines is 5. The maximum absolute atomic E-state index is 14.2. The second-order valence-electron chi connectivity index (χ2n) is 16.2. The molecule has 0 radical (unpaired) electrons. The Bertz CT molecular complexity index is 2590. The van der Waals surface area contributed by atoms with Crippen LogP contribution in [0.2, 0.25) is 0 Å². The molecule has 61 heavy (non-hydrogen) atoms. The number of hydrogen-bond acceptors (Lipinski definition) is 7. The zero-order valence-electron chi connectivity index (χ0n) is 35.2. The van der Waals surface area contributed by atoms with Gasteiger partial charge in [-0.3, -0.25) is 24.7 Å². The highest BCUT2D eigenvalue weighted by Crippen LogP contribution is 2.30. The first-order valence-corrected chi connectivity index (χ1v) is 21.4. The quantitative estimate of drug-likeness (QED) is 0.139. The molecule has 0 aliphatic carbocycles. The second kappa shape index (κ2) is 19.1. The summed E-state index contributed by atoms with van der Waals surface area (Å²) in [5, 5.41) is 5.68. The molecule has 0 saturated carbocycles. The van der Waals surface area contributed by atoms with Gasteiger partial charge in [0.05, 0.1) is 22.4 Å². The van der Waals surface area contributed by atoms with Gasteiger partial charge in [-0.15, -0.1) is 12.4 Å². The topological polar surface area (TPSA) is 71.1 Å². The third kappa shape index (κ3) is 9.81. The first-order chi connectivity index (χ1) is 29.4. The zero-order chi connectivity index (χ0) is 40.8. The van der Waals surface area contributed by atoms with Crippen molar-refractivity contribution in [2.24, 2.45) is 0 Å². The van der Waals surface area contributed by atoms with Crippen LogP contribution in [0.5, 0.6) is 0 Å². The molecule has 5 aromatic carbocycles. The van der Waals surface area contributed by atoms with Crippen molar-refractivity contribution >= 4 is 68.7 Å². The molecule has 9 rings (SSSR count). The Morgan fingerprint density at radius 2 is 1.03 bits per heavy atom. The summed E-state index contributed by atoms with van der Waals surface area (Å²) in [7, 11) is 0. The highest BCUT2D eigenvalue weighted by atomic mass is 35.5. The summed E-state index contributed by atoms with van der Waals surface area (Å²) >= 11 is 0. The average molecular weight is 832 g/mol. The number of para-hydroxylation sites is 1. The van der Waals surface area contributed by atoms with Gasteiger partial charge in [0.2, 0.25) is 0 Å². The Hall–Kier alpha value is -6.00. The second-order valence-corrected chi connectivity index (χ2v) is 16.2. The molecular formula is C51H55ClN8O. The minimum atomic E-state index is -0.180. The van der Waals surface area contributed by atoms with Crippen LogP contribution in [0.1, 0.15) is 22.5 Å². The maximum atomic E-state index is 14.2. The van der Waals surface area contributed by atoms with Crippen molar-refractivity contribution in [1.82, 2.24) is 19.8 Å². The lowest BCUT2D eigenvalue weighted by Gasteiger charge is -2.36. The number of benzene rings is 5. The van der Waals surface area contributed by atoms with Crippen LogP contribution in [0.3, 0.4) is 0 Å². The minimum Gasteiger partial charge on any atom is -0.368 e. The van der Waals surface area contributed by atoms with Gasteiger partial charge < -0.3 is 15.1 Å². The van der Waals surface area contributed by atoms with Gasteiger partial charge in [0, 0.05) is 105 Å². The lowest BCUT2D eigenvalue weighted by Crippen LogP contribution is -2.47. The predicted molar refractivity (Wildman–Crippen MR) is 255 cm³/mol.